The van der Waals surface area contributed by atoms with Crippen molar-refractivity contribution in [3.8, 4) is 0 Å². The largest absolute Gasteiger partial charge is 0.481 e. The highest BCUT2D eigenvalue weighted by atomic mass is 16.4. The summed E-state index contributed by atoms with van der Waals surface area (Å²) >= 11 is 0. The van der Waals surface area contributed by atoms with Crippen molar-refractivity contribution in [3.63, 3.8) is 0 Å². The van der Waals surface area contributed by atoms with Gasteiger partial charge in [-0.15, -0.1) is 0 Å². The molecule has 20 heavy (non-hydrogen) atoms. The number of amides is 1. The molecule has 112 valence electrons. The van der Waals surface area contributed by atoms with Crippen molar-refractivity contribution in [3.05, 3.63) is 0 Å². The summed E-state index contributed by atoms with van der Waals surface area (Å²) < 4.78 is 0. The van der Waals surface area contributed by atoms with Gasteiger partial charge in [0.05, 0.1) is 12.0 Å². The topological polar surface area (TPSA) is 78.4 Å². The smallest absolute Gasteiger partial charge is 0.306 e. The molecule has 3 rings (SSSR count). The first-order valence-corrected chi connectivity index (χ1v) is 7.92. The molecule has 0 aromatic carbocycles. The van der Waals surface area contributed by atoms with Crippen molar-refractivity contribution in [1.82, 2.24) is 10.6 Å². The van der Waals surface area contributed by atoms with Crippen molar-refractivity contribution >= 4 is 11.9 Å². The van der Waals surface area contributed by atoms with E-state index in [4.69, 9.17) is 5.11 Å². The Hall–Kier alpha value is -1.10. The number of rotatable bonds is 3. The second kappa shape index (κ2) is 5.72. The standard InChI is InChI=1S/C15H24N2O3/c18-14(16-11-6-5-10(7-11)15(19)20)13-8-9-3-1-2-4-12(9)17-13/h9-13,17H,1-8H2,(H,16,18)(H,19,20)/t9?,10-,11+,12?,13?/m1/s1. The first-order chi connectivity index (χ1) is 9.63. The molecule has 0 aromatic rings. The maximum atomic E-state index is 12.3. The van der Waals surface area contributed by atoms with E-state index >= 15 is 0 Å². The fourth-order valence-electron chi connectivity index (χ4n) is 4.16. The maximum Gasteiger partial charge on any atom is 0.306 e. The number of carbonyl (C=O) groups excluding carboxylic acids is 1. The summed E-state index contributed by atoms with van der Waals surface area (Å²) in [4.78, 5) is 23.2. The first-order valence-electron chi connectivity index (χ1n) is 7.92. The van der Waals surface area contributed by atoms with Gasteiger partial charge in [0.1, 0.15) is 0 Å². The van der Waals surface area contributed by atoms with Crippen LogP contribution in [0, 0.1) is 11.8 Å². The Morgan fingerprint density at radius 2 is 1.85 bits per heavy atom. The SMILES string of the molecule is O=C(N[C@H]1CC[C@@H](C(=O)O)C1)C1CC2CCCCC2N1. The van der Waals surface area contributed by atoms with Crippen LogP contribution in [0.25, 0.3) is 0 Å². The van der Waals surface area contributed by atoms with Crippen LogP contribution in [-0.4, -0.2) is 35.1 Å². The van der Waals surface area contributed by atoms with E-state index in [2.05, 4.69) is 10.6 Å². The number of carbonyl (C=O) groups is 2. The Morgan fingerprint density at radius 1 is 1.05 bits per heavy atom. The Morgan fingerprint density at radius 3 is 2.55 bits per heavy atom. The molecule has 2 aliphatic carbocycles. The number of aliphatic carboxylic acids is 1. The molecule has 0 radical (unpaired) electrons. The van der Waals surface area contributed by atoms with E-state index in [0.717, 1.165) is 12.8 Å². The molecule has 0 aromatic heterocycles. The molecule has 2 saturated carbocycles. The van der Waals surface area contributed by atoms with Crippen molar-refractivity contribution in [2.45, 2.75) is 69.5 Å². The van der Waals surface area contributed by atoms with Crippen LogP contribution in [0.3, 0.4) is 0 Å². The highest BCUT2D eigenvalue weighted by Gasteiger charge is 2.39. The van der Waals surface area contributed by atoms with E-state index < -0.39 is 5.97 Å². The molecule has 3 aliphatic rings. The van der Waals surface area contributed by atoms with Crippen molar-refractivity contribution in [2.75, 3.05) is 0 Å². The Balaban J connectivity index is 1.49. The van der Waals surface area contributed by atoms with Gasteiger partial charge in [0, 0.05) is 12.1 Å². The Bertz CT molecular complexity index is 385. The third-order valence-corrected chi connectivity index (χ3v) is 5.31. The van der Waals surface area contributed by atoms with Gasteiger partial charge >= 0.3 is 5.97 Å². The zero-order valence-electron chi connectivity index (χ0n) is 11.8. The van der Waals surface area contributed by atoms with Gasteiger partial charge in [0.25, 0.3) is 0 Å². The molecule has 3 unspecified atom stereocenters. The van der Waals surface area contributed by atoms with Crippen LogP contribution in [0.5, 0.6) is 0 Å². The molecule has 1 heterocycles. The lowest BCUT2D eigenvalue weighted by atomic mass is 9.85. The van der Waals surface area contributed by atoms with Gasteiger partial charge in [-0.25, -0.2) is 0 Å². The number of carboxylic acids is 1. The second-order valence-corrected chi connectivity index (χ2v) is 6.66. The van der Waals surface area contributed by atoms with Crippen LogP contribution in [0.15, 0.2) is 0 Å². The predicted molar refractivity (Wildman–Crippen MR) is 74.2 cm³/mol. The molecule has 5 nitrogen and oxygen atoms in total. The van der Waals surface area contributed by atoms with Gasteiger partial charge in [-0.3, -0.25) is 9.59 Å². The van der Waals surface area contributed by atoms with Gasteiger partial charge in [0.15, 0.2) is 0 Å². The van der Waals surface area contributed by atoms with Gasteiger partial charge in [-0.05, 0) is 44.4 Å². The van der Waals surface area contributed by atoms with E-state index in [-0.39, 0.29) is 23.9 Å². The van der Waals surface area contributed by atoms with Crippen molar-refractivity contribution < 1.29 is 14.7 Å². The number of fused-ring (bicyclic) bond motifs is 1. The molecule has 3 fully saturated rings. The number of carboxylic acid groups (broad SMARTS) is 1. The summed E-state index contributed by atoms with van der Waals surface area (Å²) in [6, 6.07) is 0.509. The minimum Gasteiger partial charge on any atom is -0.481 e. The lowest BCUT2D eigenvalue weighted by Gasteiger charge is -2.24. The van der Waals surface area contributed by atoms with Gasteiger partial charge in [-0.1, -0.05) is 12.8 Å². The number of hydrogen-bond acceptors (Lipinski definition) is 3. The molecule has 1 aliphatic heterocycles. The first kappa shape index (κ1) is 13.9. The third-order valence-electron chi connectivity index (χ3n) is 5.31. The normalized spacial score (nSPS) is 40.3. The minimum atomic E-state index is -0.730. The van der Waals surface area contributed by atoms with E-state index in [1.807, 2.05) is 0 Å². The van der Waals surface area contributed by atoms with Crippen LogP contribution >= 0.6 is 0 Å². The molecule has 1 saturated heterocycles. The average Bonchev–Trinajstić information content (AvgIpc) is 3.04. The fourth-order valence-corrected chi connectivity index (χ4v) is 4.16. The van der Waals surface area contributed by atoms with E-state index in [0.29, 0.717) is 24.8 Å². The van der Waals surface area contributed by atoms with Crippen LogP contribution in [0.1, 0.15) is 51.4 Å². The maximum absolute atomic E-state index is 12.3. The molecular formula is C15H24N2O3. The monoisotopic (exact) mass is 280 g/mol. The number of hydrogen-bond donors (Lipinski definition) is 3. The van der Waals surface area contributed by atoms with Crippen LogP contribution in [-0.2, 0) is 9.59 Å². The molecular weight excluding hydrogens is 256 g/mol. The Labute approximate surface area is 119 Å². The highest BCUT2D eigenvalue weighted by Crippen LogP contribution is 2.33. The summed E-state index contributed by atoms with van der Waals surface area (Å²) in [6.45, 7) is 0. The molecule has 5 heteroatoms. The molecule has 5 atom stereocenters. The summed E-state index contributed by atoms with van der Waals surface area (Å²) in [7, 11) is 0. The van der Waals surface area contributed by atoms with E-state index in [1.54, 1.807) is 0 Å². The fraction of sp³-hybridized carbons (Fsp3) is 0.867. The van der Waals surface area contributed by atoms with E-state index in [9.17, 15) is 9.59 Å². The quantitative estimate of drug-likeness (QED) is 0.727. The second-order valence-electron chi connectivity index (χ2n) is 6.66. The summed E-state index contributed by atoms with van der Waals surface area (Å²) in [5.41, 5.74) is 0. The van der Waals surface area contributed by atoms with Crippen molar-refractivity contribution in [2.24, 2.45) is 11.8 Å². The van der Waals surface area contributed by atoms with Gasteiger partial charge in [0.2, 0.25) is 5.91 Å². The molecule has 1 amide bonds. The van der Waals surface area contributed by atoms with Crippen LogP contribution < -0.4 is 10.6 Å². The van der Waals surface area contributed by atoms with Crippen LogP contribution in [0.2, 0.25) is 0 Å². The predicted octanol–water partition coefficient (Wildman–Crippen LogP) is 1.28. The van der Waals surface area contributed by atoms with Crippen molar-refractivity contribution in [1.29, 1.82) is 0 Å². The Kier molecular flexibility index (Phi) is 3.96. The van der Waals surface area contributed by atoms with Gasteiger partial charge < -0.3 is 15.7 Å². The summed E-state index contributed by atoms with van der Waals surface area (Å²) in [6.07, 6.45) is 8.01. The average molecular weight is 280 g/mol. The lowest BCUT2D eigenvalue weighted by Crippen LogP contribution is -2.46. The third kappa shape index (κ3) is 2.82. The zero-order valence-corrected chi connectivity index (χ0v) is 11.8. The van der Waals surface area contributed by atoms with Gasteiger partial charge in [-0.2, -0.15) is 0 Å². The zero-order chi connectivity index (χ0) is 14.1. The van der Waals surface area contributed by atoms with Crippen LogP contribution in [0.4, 0.5) is 0 Å². The lowest BCUT2D eigenvalue weighted by molar-refractivity contribution is -0.141. The highest BCUT2D eigenvalue weighted by molar-refractivity contribution is 5.82. The summed E-state index contributed by atoms with van der Waals surface area (Å²) in [5, 5.41) is 15.5. The summed E-state index contributed by atoms with van der Waals surface area (Å²) in [5.74, 6) is -0.267. The number of nitrogens with one attached hydrogen (secondary N) is 2. The molecule has 3 N–H and O–H groups in total. The minimum absolute atomic E-state index is 0.0491. The van der Waals surface area contributed by atoms with E-state index in [1.165, 1.54) is 25.7 Å². The molecule has 0 bridgehead atoms. The molecule has 0 spiro atoms.